The summed E-state index contributed by atoms with van der Waals surface area (Å²) in [5, 5.41) is 2.92. The number of nitrogens with one attached hydrogen (secondary N) is 1. The number of nitrogens with zero attached hydrogens (tertiary/aromatic N) is 1. The molecule has 0 amide bonds. The van der Waals surface area contributed by atoms with Crippen LogP contribution in [0.3, 0.4) is 0 Å². The van der Waals surface area contributed by atoms with E-state index in [-0.39, 0.29) is 15.0 Å². The topological polar surface area (TPSA) is 62.6 Å². The molecule has 7 heteroatoms. The first-order valence-electron chi connectivity index (χ1n) is 5.97. The average molecular weight is 353 g/mol. The maximum atomic E-state index is 12.5. The van der Waals surface area contributed by atoms with Crippen LogP contribution in [0.15, 0.2) is 20.0 Å². The zero-order valence-corrected chi connectivity index (χ0v) is 14.4. The van der Waals surface area contributed by atoms with E-state index >= 15 is 0 Å². The lowest BCUT2D eigenvalue weighted by molar-refractivity contribution is 0.310. The molecule has 19 heavy (non-hydrogen) atoms. The minimum Gasteiger partial charge on any atom is -0.452 e. The maximum absolute atomic E-state index is 12.5. The van der Waals surface area contributed by atoms with Crippen LogP contribution in [-0.2, 0) is 16.6 Å². The largest absolute Gasteiger partial charge is 0.452 e. The van der Waals surface area contributed by atoms with Crippen LogP contribution in [0.4, 0.5) is 0 Å². The molecule has 0 unspecified atom stereocenters. The number of hydrogen-bond acceptors (Lipinski definition) is 4. The predicted molar refractivity (Wildman–Crippen MR) is 78.4 cm³/mol. The standard InChI is InChI=1S/C12H21BrN2O3S/c1-12(2,3)8-15(5)19(16,17)10-6-9(7-14-4)18-11(10)13/h6,14H,7-8H2,1-5H3. The smallest absolute Gasteiger partial charge is 0.247 e. The van der Waals surface area contributed by atoms with Crippen molar-refractivity contribution in [1.29, 1.82) is 0 Å². The number of halogens is 1. The van der Waals surface area contributed by atoms with Crippen LogP contribution in [0.1, 0.15) is 26.5 Å². The van der Waals surface area contributed by atoms with Crippen molar-refractivity contribution in [2.75, 3.05) is 20.6 Å². The van der Waals surface area contributed by atoms with Crippen molar-refractivity contribution >= 4 is 26.0 Å². The first kappa shape index (κ1) is 16.7. The summed E-state index contributed by atoms with van der Waals surface area (Å²) in [4.78, 5) is 0.171. The molecule has 0 aliphatic carbocycles. The average Bonchev–Trinajstić information content (AvgIpc) is 2.58. The molecule has 0 radical (unpaired) electrons. The first-order valence-corrected chi connectivity index (χ1v) is 8.20. The highest BCUT2D eigenvalue weighted by Gasteiger charge is 2.29. The van der Waals surface area contributed by atoms with E-state index in [1.807, 2.05) is 20.8 Å². The fraction of sp³-hybridized carbons (Fsp3) is 0.667. The number of sulfonamides is 1. The summed E-state index contributed by atoms with van der Waals surface area (Å²) >= 11 is 3.17. The first-order chi connectivity index (χ1) is 8.58. The van der Waals surface area contributed by atoms with Gasteiger partial charge in [-0.15, -0.1) is 0 Å². The van der Waals surface area contributed by atoms with E-state index in [0.29, 0.717) is 18.8 Å². The summed E-state index contributed by atoms with van der Waals surface area (Å²) in [6.07, 6.45) is 0. The van der Waals surface area contributed by atoms with Gasteiger partial charge in [0.25, 0.3) is 0 Å². The maximum Gasteiger partial charge on any atom is 0.247 e. The highest BCUT2D eigenvalue weighted by molar-refractivity contribution is 9.10. The second-order valence-electron chi connectivity index (χ2n) is 5.70. The van der Waals surface area contributed by atoms with E-state index < -0.39 is 10.0 Å². The Morgan fingerprint density at radius 3 is 2.47 bits per heavy atom. The van der Waals surface area contributed by atoms with Crippen molar-refractivity contribution < 1.29 is 12.8 Å². The Morgan fingerprint density at radius 2 is 2.00 bits per heavy atom. The zero-order chi connectivity index (χ0) is 14.8. The SMILES string of the molecule is CNCc1cc(S(=O)(=O)N(C)CC(C)(C)C)c(Br)o1. The van der Waals surface area contributed by atoms with Crippen molar-refractivity contribution in [3.8, 4) is 0 Å². The Hall–Kier alpha value is -0.370. The summed E-state index contributed by atoms with van der Waals surface area (Å²) in [5.74, 6) is 0.581. The molecule has 0 atom stereocenters. The van der Waals surface area contributed by atoms with Crippen LogP contribution >= 0.6 is 15.9 Å². The van der Waals surface area contributed by atoms with Crippen LogP contribution in [0, 0.1) is 5.41 Å². The minimum atomic E-state index is -3.54. The number of furan rings is 1. The van der Waals surface area contributed by atoms with Crippen LogP contribution in [0.2, 0.25) is 0 Å². The summed E-state index contributed by atoms with van der Waals surface area (Å²) < 4.78 is 31.9. The lowest BCUT2D eigenvalue weighted by Crippen LogP contribution is -2.34. The van der Waals surface area contributed by atoms with E-state index in [9.17, 15) is 8.42 Å². The summed E-state index contributed by atoms with van der Waals surface area (Å²) in [6.45, 7) is 6.91. The van der Waals surface area contributed by atoms with Gasteiger partial charge >= 0.3 is 0 Å². The fourth-order valence-corrected chi connectivity index (χ4v) is 4.11. The van der Waals surface area contributed by atoms with Crippen LogP contribution in [0.25, 0.3) is 0 Å². The second-order valence-corrected chi connectivity index (χ2v) is 8.44. The van der Waals surface area contributed by atoms with Gasteiger partial charge < -0.3 is 9.73 Å². The highest BCUT2D eigenvalue weighted by Crippen LogP contribution is 2.29. The molecule has 0 spiro atoms. The molecule has 0 aliphatic heterocycles. The van der Waals surface area contributed by atoms with Crippen LogP contribution in [-0.4, -0.2) is 33.4 Å². The normalized spacial score (nSPS) is 13.2. The molecule has 0 saturated heterocycles. The third-order valence-electron chi connectivity index (χ3n) is 2.44. The van der Waals surface area contributed by atoms with Gasteiger partial charge in [0.2, 0.25) is 10.0 Å². The van der Waals surface area contributed by atoms with Crippen molar-refractivity contribution in [3.05, 3.63) is 16.5 Å². The Kier molecular flexibility index (Phi) is 5.22. The van der Waals surface area contributed by atoms with Crippen molar-refractivity contribution in [2.45, 2.75) is 32.2 Å². The molecule has 0 saturated carbocycles. The lowest BCUT2D eigenvalue weighted by atomic mass is 9.97. The molecule has 0 aromatic carbocycles. The molecule has 0 fully saturated rings. The number of rotatable bonds is 5. The van der Waals surface area contributed by atoms with Gasteiger partial charge in [0.15, 0.2) is 4.67 Å². The highest BCUT2D eigenvalue weighted by atomic mass is 79.9. The quantitative estimate of drug-likeness (QED) is 0.883. The monoisotopic (exact) mass is 352 g/mol. The minimum absolute atomic E-state index is 0.105. The predicted octanol–water partition coefficient (Wildman–Crippen LogP) is 2.43. The molecule has 110 valence electrons. The van der Waals surface area contributed by atoms with Crippen molar-refractivity contribution in [1.82, 2.24) is 9.62 Å². The number of hydrogen-bond donors (Lipinski definition) is 1. The van der Waals surface area contributed by atoms with Gasteiger partial charge in [0, 0.05) is 19.7 Å². The molecular weight excluding hydrogens is 332 g/mol. The van der Waals surface area contributed by atoms with E-state index in [4.69, 9.17) is 4.42 Å². The molecular formula is C12H21BrN2O3S. The lowest BCUT2D eigenvalue weighted by Gasteiger charge is -2.25. The van der Waals surface area contributed by atoms with E-state index in [1.54, 1.807) is 20.2 Å². The molecule has 5 nitrogen and oxygen atoms in total. The zero-order valence-electron chi connectivity index (χ0n) is 11.9. The van der Waals surface area contributed by atoms with Gasteiger partial charge in [0.1, 0.15) is 10.7 Å². The van der Waals surface area contributed by atoms with Gasteiger partial charge in [-0.2, -0.15) is 0 Å². The molecule has 0 bridgehead atoms. The van der Waals surface area contributed by atoms with E-state index in [0.717, 1.165) is 0 Å². The van der Waals surface area contributed by atoms with Gasteiger partial charge in [-0.3, -0.25) is 0 Å². The Morgan fingerprint density at radius 1 is 1.42 bits per heavy atom. The molecule has 1 rings (SSSR count). The Bertz CT molecular complexity index is 532. The van der Waals surface area contributed by atoms with Crippen LogP contribution < -0.4 is 5.32 Å². The van der Waals surface area contributed by atoms with Gasteiger partial charge in [-0.05, 0) is 28.4 Å². The molecule has 1 aromatic rings. The van der Waals surface area contributed by atoms with Crippen molar-refractivity contribution in [3.63, 3.8) is 0 Å². The fourth-order valence-electron chi connectivity index (χ4n) is 1.76. The van der Waals surface area contributed by atoms with Gasteiger partial charge in [-0.1, -0.05) is 20.8 Å². The van der Waals surface area contributed by atoms with Gasteiger partial charge in [0.05, 0.1) is 6.54 Å². The Balaban J connectivity index is 3.06. The molecule has 0 aliphatic rings. The second kappa shape index (κ2) is 5.95. The van der Waals surface area contributed by atoms with E-state index in [2.05, 4.69) is 21.2 Å². The summed E-state index contributed by atoms with van der Waals surface area (Å²) in [7, 11) is -0.180. The summed E-state index contributed by atoms with van der Waals surface area (Å²) in [5.41, 5.74) is -0.105. The molecule has 1 aromatic heterocycles. The summed E-state index contributed by atoms with van der Waals surface area (Å²) in [6, 6.07) is 1.55. The van der Waals surface area contributed by atoms with Gasteiger partial charge in [-0.25, -0.2) is 12.7 Å². The molecule has 1 N–H and O–H groups in total. The van der Waals surface area contributed by atoms with E-state index in [1.165, 1.54) is 4.31 Å². The van der Waals surface area contributed by atoms with Crippen LogP contribution in [0.5, 0.6) is 0 Å². The third-order valence-corrected chi connectivity index (χ3v) is 5.10. The molecule has 1 heterocycles. The van der Waals surface area contributed by atoms with Crippen molar-refractivity contribution in [2.24, 2.45) is 5.41 Å². The third kappa shape index (κ3) is 4.30. The Labute approximate surface area is 123 Å².